The van der Waals surface area contributed by atoms with Gasteiger partial charge >= 0.3 is 5.97 Å². The first-order chi connectivity index (χ1) is 9.60. The Hall–Kier alpha value is -2.69. The molecule has 1 aromatic carbocycles. The van der Waals surface area contributed by atoms with Crippen molar-refractivity contribution in [1.82, 2.24) is 4.98 Å². The molecule has 0 bridgehead atoms. The molecule has 5 heteroatoms. The maximum Gasteiger partial charge on any atom is 0.310 e. The summed E-state index contributed by atoms with van der Waals surface area (Å²) in [6, 6.07) is 10.5. The Balaban J connectivity index is 2.10. The van der Waals surface area contributed by atoms with Gasteiger partial charge in [-0.1, -0.05) is 12.1 Å². The van der Waals surface area contributed by atoms with Crippen LogP contribution in [0.25, 0.3) is 0 Å². The van der Waals surface area contributed by atoms with Gasteiger partial charge in [-0.25, -0.2) is 0 Å². The fourth-order valence-corrected chi connectivity index (χ4v) is 1.71. The molecule has 0 aliphatic rings. The average Bonchev–Trinajstić information content (AvgIpc) is 2.48. The van der Waals surface area contributed by atoms with Crippen molar-refractivity contribution in [3.8, 4) is 0 Å². The number of aromatic nitrogens is 1. The molecule has 5 nitrogen and oxygen atoms in total. The minimum atomic E-state index is -0.848. The lowest BCUT2D eigenvalue weighted by molar-refractivity contribution is -0.138. The van der Waals surface area contributed by atoms with Crippen LogP contribution in [0.4, 0.5) is 11.4 Å². The topological polar surface area (TPSA) is 79.3 Å². The number of rotatable bonds is 5. The summed E-state index contributed by atoms with van der Waals surface area (Å²) in [5.74, 6) is -1.38. The van der Waals surface area contributed by atoms with Crippen LogP contribution in [0, 0.1) is 0 Å². The van der Waals surface area contributed by atoms with Crippen LogP contribution in [0.2, 0.25) is 0 Å². The van der Waals surface area contributed by atoms with Crippen LogP contribution >= 0.6 is 0 Å². The van der Waals surface area contributed by atoms with Gasteiger partial charge < -0.3 is 10.4 Å². The van der Waals surface area contributed by atoms with E-state index in [1.54, 1.807) is 37.4 Å². The third kappa shape index (κ3) is 3.20. The Morgan fingerprint density at radius 1 is 1.20 bits per heavy atom. The van der Waals surface area contributed by atoms with Crippen molar-refractivity contribution >= 4 is 23.6 Å². The molecule has 0 fully saturated rings. The van der Waals surface area contributed by atoms with E-state index in [1.165, 1.54) is 0 Å². The molecule has 2 N–H and O–H groups in total. The van der Waals surface area contributed by atoms with Crippen molar-refractivity contribution in [1.29, 1.82) is 0 Å². The summed E-state index contributed by atoms with van der Waals surface area (Å²) < 4.78 is 0. The number of pyridine rings is 1. The number of carbonyl (C=O) groups excluding carboxylic acids is 1. The van der Waals surface area contributed by atoms with Crippen molar-refractivity contribution in [2.75, 3.05) is 5.32 Å². The van der Waals surface area contributed by atoms with Gasteiger partial charge in [0.05, 0.1) is 17.8 Å². The molecule has 1 unspecified atom stereocenters. The number of hydrogen-bond acceptors (Lipinski definition) is 4. The van der Waals surface area contributed by atoms with Gasteiger partial charge in [-0.2, -0.15) is 0 Å². The molecule has 0 aliphatic heterocycles. The number of hydrogen-bond donors (Lipinski definition) is 2. The number of nitrogens with one attached hydrogen (secondary N) is 1. The number of anilines is 2. The summed E-state index contributed by atoms with van der Waals surface area (Å²) in [6.45, 7) is 1.65. The van der Waals surface area contributed by atoms with E-state index in [0.717, 1.165) is 16.9 Å². The number of carboxylic acids is 1. The van der Waals surface area contributed by atoms with Crippen LogP contribution in [-0.2, 0) is 4.79 Å². The fourth-order valence-electron chi connectivity index (χ4n) is 1.71. The second kappa shape index (κ2) is 5.97. The summed E-state index contributed by atoms with van der Waals surface area (Å²) in [7, 11) is 0. The van der Waals surface area contributed by atoms with E-state index in [1.807, 2.05) is 12.1 Å². The zero-order valence-corrected chi connectivity index (χ0v) is 10.9. The lowest BCUT2D eigenvalue weighted by Gasteiger charge is -2.09. The molecular weight excluding hydrogens is 256 g/mol. The van der Waals surface area contributed by atoms with E-state index in [2.05, 4.69) is 10.3 Å². The molecule has 1 heterocycles. The van der Waals surface area contributed by atoms with Gasteiger partial charge in [0.25, 0.3) is 0 Å². The number of carboxylic acid groups (broad SMARTS) is 1. The van der Waals surface area contributed by atoms with Crippen LogP contribution < -0.4 is 5.32 Å². The van der Waals surface area contributed by atoms with E-state index >= 15 is 0 Å². The minimum Gasteiger partial charge on any atom is -0.481 e. The van der Waals surface area contributed by atoms with E-state index in [9.17, 15) is 9.59 Å². The molecule has 1 aromatic heterocycles. The summed E-state index contributed by atoms with van der Waals surface area (Å²) in [5.41, 5.74) is 2.71. The third-order valence-electron chi connectivity index (χ3n) is 2.98. The van der Waals surface area contributed by atoms with E-state index in [0.29, 0.717) is 12.0 Å². The Kier molecular flexibility index (Phi) is 4.10. The van der Waals surface area contributed by atoms with Crippen molar-refractivity contribution in [3.63, 3.8) is 0 Å². The van der Waals surface area contributed by atoms with Crippen LogP contribution in [-0.4, -0.2) is 22.3 Å². The Labute approximate surface area is 116 Å². The molecule has 20 heavy (non-hydrogen) atoms. The first kappa shape index (κ1) is 13.7. The molecule has 0 saturated heterocycles. The first-order valence-corrected chi connectivity index (χ1v) is 6.11. The van der Waals surface area contributed by atoms with E-state index < -0.39 is 11.9 Å². The maximum absolute atomic E-state index is 10.9. The molecule has 2 rings (SSSR count). The molecule has 2 aromatic rings. The summed E-state index contributed by atoms with van der Waals surface area (Å²) >= 11 is 0. The second-order valence-electron chi connectivity index (χ2n) is 4.40. The van der Waals surface area contributed by atoms with E-state index in [4.69, 9.17) is 5.11 Å². The van der Waals surface area contributed by atoms with Gasteiger partial charge in [-0.15, -0.1) is 0 Å². The zero-order valence-electron chi connectivity index (χ0n) is 10.9. The van der Waals surface area contributed by atoms with Crippen molar-refractivity contribution < 1.29 is 14.7 Å². The number of aldehydes is 1. The van der Waals surface area contributed by atoms with Crippen molar-refractivity contribution in [2.24, 2.45) is 0 Å². The van der Waals surface area contributed by atoms with Crippen molar-refractivity contribution in [2.45, 2.75) is 12.8 Å². The highest BCUT2D eigenvalue weighted by Crippen LogP contribution is 2.20. The van der Waals surface area contributed by atoms with Crippen LogP contribution in [0.1, 0.15) is 28.9 Å². The molecule has 1 atom stereocenters. The molecular formula is C15H14N2O3. The lowest BCUT2D eigenvalue weighted by atomic mass is 10.0. The smallest absolute Gasteiger partial charge is 0.310 e. The number of aliphatic carboxylic acids is 1. The fraction of sp³-hybridized carbons (Fsp3) is 0.133. The average molecular weight is 270 g/mol. The van der Waals surface area contributed by atoms with Gasteiger partial charge in [0, 0.05) is 5.69 Å². The molecule has 0 saturated carbocycles. The number of carbonyl (C=O) groups is 2. The molecule has 0 radical (unpaired) electrons. The SMILES string of the molecule is CC(C(=O)O)c1ccc(Nc2ccc(C=O)nc2)cc1. The molecule has 0 amide bonds. The standard InChI is InChI=1S/C15H14N2O3/c1-10(15(19)20)11-2-4-12(5-3-11)17-13-6-7-14(9-18)16-8-13/h2-10,17H,1H3,(H,19,20). The summed E-state index contributed by atoms with van der Waals surface area (Å²) in [5, 5.41) is 12.1. The van der Waals surface area contributed by atoms with Crippen molar-refractivity contribution in [3.05, 3.63) is 53.9 Å². The van der Waals surface area contributed by atoms with Gasteiger partial charge in [0.2, 0.25) is 0 Å². The Bertz CT molecular complexity index is 606. The molecule has 0 spiro atoms. The van der Waals surface area contributed by atoms with Gasteiger partial charge in [-0.3, -0.25) is 14.6 Å². The lowest BCUT2D eigenvalue weighted by Crippen LogP contribution is -2.07. The summed E-state index contributed by atoms with van der Waals surface area (Å²) in [4.78, 5) is 25.3. The van der Waals surface area contributed by atoms with Gasteiger partial charge in [-0.05, 0) is 36.8 Å². The van der Waals surface area contributed by atoms with Crippen LogP contribution in [0.3, 0.4) is 0 Å². The first-order valence-electron chi connectivity index (χ1n) is 6.11. The predicted octanol–water partition coefficient (Wildman–Crippen LogP) is 2.83. The summed E-state index contributed by atoms with van der Waals surface area (Å²) in [6.07, 6.45) is 2.25. The zero-order chi connectivity index (χ0) is 14.5. The largest absolute Gasteiger partial charge is 0.481 e. The normalized spacial score (nSPS) is 11.7. The predicted molar refractivity (Wildman–Crippen MR) is 75.4 cm³/mol. The second-order valence-corrected chi connectivity index (χ2v) is 4.40. The van der Waals surface area contributed by atoms with E-state index in [-0.39, 0.29) is 0 Å². The highest BCUT2D eigenvalue weighted by molar-refractivity contribution is 5.76. The Morgan fingerprint density at radius 2 is 1.85 bits per heavy atom. The molecule has 0 aliphatic carbocycles. The highest BCUT2D eigenvalue weighted by atomic mass is 16.4. The minimum absolute atomic E-state index is 0.376. The maximum atomic E-state index is 10.9. The number of nitrogens with zero attached hydrogens (tertiary/aromatic N) is 1. The molecule has 102 valence electrons. The quantitative estimate of drug-likeness (QED) is 0.817. The van der Waals surface area contributed by atoms with Crippen LogP contribution in [0.15, 0.2) is 42.6 Å². The number of benzene rings is 1. The monoisotopic (exact) mass is 270 g/mol. The highest BCUT2D eigenvalue weighted by Gasteiger charge is 2.12. The Morgan fingerprint density at radius 3 is 2.35 bits per heavy atom. The van der Waals surface area contributed by atoms with Gasteiger partial charge in [0.1, 0.15) is 5.69 Å². The van der Waals surface area contributed by atoms with Crippen LogP contribution in [0.5, 0.6) is 0 Å². The van der Waals surface area contributed by atoms with Gasteiger partial charge in [0.15, 0.2) is 6.29 Å². The third-order valence-corrected chi connectivity index (χ3v) is 2.98.